The summed E-state index contributed by atoms with van der Waals surface area (Å²) in [4.78, 5) is 0. The molecule has 0 unspecified atom stereocenters. The molecule has 0 heterocycles. The smallest absolute Gasteiger partial charge is 0.127 e. The molecule has 106 valence electrons. The molecule has 0 aromatic heterocycles. The first-order chi connectivity index (χ1) is 9.66. The maximum absolute atomic E-state index is 13.6. The van der Waals surface area contributed by atoms with Crippen LogP contribution in [0.15, 0.2) is 53.0 Å². The van der Waals surface area contributed by atoms with E-state index >= 15 is 0 Å². The van der Waals surface area contributed by atoms with Gasteiger partial charge in [-0.05, 0) is 31.2 Å². The van der Waals surface area contributed by atoms with Crippen LogP contribution in [0.1, 0.15) is 18.5 Å². The second-order valence-corrected chi connectivity index (χ2v) is 5.42. The Hall–Kier alpha value is -1.39. The Kier molecular flexibility index (Phi) is 5.56. The Morgan fingerprint density at radius 2 is 2.00 bits per heavy atom. The lowest BCUT2D eigenvalue weighted by Crippen LogP contribution is -2.25. The van der Waals surface area contributed by atoms with Crippen molar-refractivity contribution in [1.29, 1.82) is 0 Å². The molecule has 2 nitrogen and oxygen atoms in total. The van der Waals surface area contributed by atoms with E-state index in [-0.39, 0.29) is 11.9 Å². The van der Waals surface area contributed by atoms with E-state index in [4.69, 9.17) is 4.74 Å². The Morgan fingerprint density at radius 3 is 2.75 bits per heavy atom. The molecule has 0 radical (unpaired) electrons. The fourth-order valence-corrected chi connectivity index (χ4v) is 2.32. The van der Waals surface area contributed by atoms with Crippen LogP contribution in [0.25, 0.3) is 0 Å². The topological polar surface area (TPSA) is 21.3 Å². The maximum Gasteiger partial charge on any atom is 0.127 e. The Morgan fingerprint density at radius 1 is 1.20 bits per heavy atom. The summed E-state index contributed by atoms with van der Waals surface area (Å²) in [6, 6.07) is 14.5. The lowest BCUT2D eigenvalue weighted by Gasteiger charge is -2.15. The van der Waals surface area contributed by atoms with Gasteiger partial charge in [-0.3, -0.25) is 0 Å². The van der Waals surface area contributed by atoms with Gasteiger partial charge in [-0.25, -0.2) is 4.39 Å². The van der Waals surface area contributed by atoms with Crippen molar-refractivity contribution in [3.63, 3.8) is 0 Å². The summed E-state index contributed by atoms with van der Waals surface area (Å²) in [6.07, 6.45) is 0. The largest absolute Gasteiger partial charge is 0.492 e. The van der Waals surface area contributed by atoms with Crippen molar-refractivity contribution in [2.45, 2.75) is 13.0 Å². The van der Waals surface area contributed by atoms with Crippen molar-refractivity contribution >= 4 is 15.9 Å². The minimum absolute atomic E-state index is 0.0395. The average molecular weight is 338 g/mol. The highest BCUT2D eigenvalue weighted by atomic mass is 79.9. The predicted octanol–water partition coefficient (Wildman–Crippen LogP) is 4.32. The predicted molar refractivity (Wildman–Crippen MR) is 82.5 cm³/mol. The molecule has 0 fully saturated rings. The highest BCUT2D eigenvalue weighted by Gasteiger charge is 2.08. The summed E-state index contributed by atoms with van der Waals surface area (Å²) in [6.45, 7) is 3.13. The molecule has 20 heavy (non-hydrogen) atoms. The zero-order valence-corrected chi connectivity index (χ0v) is 12.9. The van der Waals surface area contributed by atoms with Gasteiger partial charge in [0.1, 0.15) is 18.2 Å². The van der Waals surface area contributed by atoms with E-state index in [1.54, 1.807) is 12.1 Å². The Balaban J connectivity index is 1.77. The standard InChI is InChI=1S/C16H17BrFNO/c1-12(15-7-2-3-8-16(15)18)19-9-10-20-14-6-4-5-13(17)11-14/h2-8,11-12,19H,9-10H2,1H3/t12-/m1/s1. The highest BCUT2D eigenvalue weighted by Crippen LogP contribution is 2.18. The fourth-order valence-electron chi connectivity index (χ4n) is 1.94. The molecular weight excluding hydrogens is 321 g/mol. The third-order valence-corrected chi connectivity index (χ3v) is 3.48. The Labute approximate surface area is 127 Å². The molecule has 2 aromatic carbocycles. The van der Waals surface area contributed by atoms with Gasteiger partial charge in [0.25, 0.3) is 0 Å². The van der Waals surface area contributed by atoms with Crippen molar-refractivity contribution in [1.82, 2.24) is 5.32 Å². The van der Waals surface area contributed by atoms with E-state index in [0.29, 0.717) is 18.7 Å². The molecule has 0 aliphatic carbocycles. The summed E-state index contributed by atoms with van der Waals surface area (Å²) in [7, 11) is 0. The third-order valence-electron chi connectivity index (χ3n) is 2.99. The van der Waals surface area contributed by atoms with Gasteiger partial charge in [0, 0.05) is 22.6 Å². The first kappa shape index (κ1) is 15.0. The van der Waals surface area contributed by atoms with E-state index in [1.807, 2.05) is 37.3 Å². The molecule has 0 aliphatic heterocycles. The molecule has 0 amide bonds. The third kappa shape index (κ3) is 4.32. The van der Waals surface area contributed by atoms with Crippen LogP contribution in [-0.2, 0) is 0 Å². The first-order valence-electron chi connectivity index (χ1n) is 6.53. The number of hydrogen-bond donors (Lipinski definition) is 1. The molecule has 0 saturated carbocycles. The fraction of sp³-hybridized carbons (Fsp3) is 0.250. The van der Waals surface area contributed by atoms with Crippen LogP contribution in [0.3, 0.4) is 0 Å². The molecule has 2 rings (SSSR count). The van der Waals surface area contributed by atoms with Crippen LogP contribution >= 0.6 is 15.9 Å². The van der Waals surface area contributed by atoms with E-state index in [2.05, 4.69) is 21.2 Å². The molecule has 4 heteroatoms. The summed E-state index contributed by atoms with van der Waals surface area (Å²) in [5.74, 6) is 0.639. The van der Waals surface area contributed by atoms with Crippen LogP contribution in [0.4, 0.5) is 4.39 Å². The molecule has 2 aromatic rings. The van der Waals surface area contributed by atoms with E-state index < -0.39 is 0 Å². The van der Waals surface area contributed by atoms with Crippen molar-refractivity contribution in [3.05, 3.63) is 64.4 Å². The van der Waals surface area contributed by atoms with Gasteiger partial charge in [-0.15, -0.1) is 0 Å². The monoisotopic (exact) mass is 337 g/mol. The quantitative estimate of drug-likeness (QED) is 0.792. The maximum atomic E-state index is 13.6. The van der Waals surface area contributed by atoms with E-state index in [1.165, 1.54) is 6.07 Å². The number of ether oxygens (including phenoxy) is 1. The summed E-state index contributed by atoms with van der Waals surface area (Å²) < 4.78 is 20.2. The zero-order valence-electron chi connectivity index (χ0n) is 11.3. The number of halogens is 2. The SMILES string of the molecule is C[C@@H](NCCOc1cccc(Br)c1)c1ccccc1F. The van der Waals surface area contributed by atoms with Gasteiger partial charge in [-0.2, -0.15) is 0 Å². The number of hydrogen-bond acceptors (Lipinski definition) is 2. The summed E-state index contributed by atoms with van der Waals surface area (Å²) >= 11 is 3.40. The minimum atomic E-state index is -0.180. The van der Waals surface area contributed by atoms with Crippen LogP contribution in [-0.4, -0.2) is 13.2 Å². The van der Waals surface area contributed by atoms with E-state index in [0.717, 1.165) is 10.2 Å². The molecule has 0 bridgehead atoms. The van der Waals surface area contributed by atoms with Crippen molar-refractivity contribution in [2.75, 3.05) is 13.2 Å². The zero-order chi connectivity index (χ0) is 14.4. The van der Waals surface area contributed by atoms with Crippen LogP contribution < -0.4 is 10.1 Å². The van der Waals surface area contributed by atoms with Gasteiger partial charge in [0.05, 0.1) is 0 Å². The van der Waals surface area contributed by atoms with Gasteiger partial charge < -0.3 is 10.1 Å². The number of nitrogens with one attached hydrogen (secondary N) is 1. The van der Waals surface area contributed by atoms with Gasteiger partial charge in [0.2, 0.25) is 0 Å². The van der Waals surface area contributed by atoms with Crippen LogP contribution in [0.2, 0.25) is 0 Å². The number of rotatable bonds is 6. The number of benzene rings is 2. The molecule has 1 N–H and O–H groups in total. The lowest BCUT2D eigenvalue weighted by molar-refractivity contribution is 0.306. The van der Waals surface area contributed by atoms with Crippen molar-refractivity contribution in [2.24, 2.45) is 0 Å². The lowest BCUT2D eigenvalue weighted by atomic mass is 10.1. The molecule has 0 spiro atoms. The molecule has 1 atom stereocenters. The van der Waals surface area contributed by atoms with E-state index in [9.17, 15) is 4.39 Å². The average Bonchev–Trinajstić information content (AvgIpc) is 2.44. The van der Waals surface area contributed by atoms with Gasteiger partial charge in [0.15, 0.2) is 0 Å². The van der Waals surface area contributed by atoms with Crippen molar-refractivity contribution < 1.29 is 9.13 Å². The molecule has 0 aliphatic rings. The summed E-state index contributed by atoms with van der Waals surface area (Å²) in [5, 5.41) is 3.25. The Bertz CT molecular complexity index is 562. The highest BCUT2D eigenvalue weighted by molar-refractivity contribution is 9.10. The molecular formula is C16H17BrFNO. The summed E-state index contributed by atoms with van der Waals surface area (Å²) in [5.41, 5.74) is 0.676. The normalized spacial score (nSPS) is 12.2. The van der Waals surface area contributed by atoms with Crippen molar-refractivity contribution in [3.8, 4) is 5.75 Å². The van der Waals surface area contributed by atoms with Crippen LogP contribution in [0, 0.1) is 5.82 Å². The second-order valence-electron chi connectivity index (χ2n) is 4.50. The molecule has 0 saturated heterocycles. The second kappa shape index (κ2) is 7.41. The van der Waals surface area contributed by atoms with Gasteiger partial charge >= 0.3 is 0 Å². The van der Waals surface area contributed by atoms with Gasteiger partial charge in [-0.1, -0.05) is 40.2 Å². The van der Waals surface area contributed by atoms with Crippen LogP contribution in [0.5, 0.6) is 5.75 Å². The first-order valence-corrected chi connectivity index (χ1v) is 7.32. The minimum Gasteiger partial charge on any atom is -0.492 e.